The quantitative estimate of drug-likeness (QED) is 0.826. The fraction of sp³-hybridized carbons (Fsp3) is 0.400. The first-order chi connectivity index (χ1) is 7.39. The third-order valence-electron chi connectivity index (χ3n) is 1.95. The van der Waals surface area contributed by atoms with Crippen molar-refractivity contribution in [2.24, 2.45) is 0 Å². The molecular formula is C10H13NO4S. The summed E-state index contributed by atoms with van der Waals surface area (Å²) in [6.45, 7) is 1.82. The third kappa shape index (κ3) is 4.39. The summed E-state index contributed by atoms with van der Waals surface area (Å²) in [6.07, 6.45) is 2.75. The summed E-state index contributed by atoms with van der Waals surface area (Å²) in [7, 11) is -3.37. The van der Waals surface area contributed by atoms with Crippen molar-refractivity contribution in [1.29, 1.82) is 0 Å². The Hall–Kier alpha value is -1.43. The van der Waals surface area contributed by atoms with Gasteiger partial charge in [-0.25, -0.2) is 8.42 Å². The van der Waals surface area contributed by atoms with Gasteiger partial charge in [-0.3, -0.25) is 9.78 Å². The number of nitrogens with zero attached hydrogens (tertiary/aromatic N) is 1. The smallest absolute Gasteiger partial charge is 0.304 e. The van der Waals surface area contributed by atoms with E-state index in [0.717, 1.165) is 5.56 Å². The molecule has 6 heteroatoms. The summed E-state index contributed by atoms with van der Waals surface area (Å²) in [5.74, 6) is -1.60. The maximum atomic E-state index is 11.5. The molecule has 1 rings (SSSR count). The molecule has 1 aromatic heterocycles. The van der Waals surface area contributed by atoms with Crippen molar-refractivity contribution in [3.05, 3.63) is 29.6 Å². The van der Waals surface area contributed by atoms with Crippen molar-refractivity contribution < 1.29 is 18.3 Å². The molecule has 0 atom stereocenters. The molecular weight excluding hydrogens is 230 g/mol. The van der Waals surface area contributed by atoms with Crippen LogP contribution in [0, 0.1) is 6.92 Å². The maximum absolute atomic E-state index is 11.5. The zero-order valence-corrected chi connectivity index (χ0v) is 9.70. The van der Waals surface area contributed by atoms with Crippen LogP contribution in [0.2, 0.25) is 0 Å². The molecule has 0 radical (unpaired) electrons. The van der Waals surface area contributed by atoms with E-state index in [1.54, 1.807) is 12.3 Å². The van der Waals surface area contributed by atoms with Crippen molar-refractivity contribution in [2.75, 3.05) is 5.75 Å². The second-order valence-corrected chi connectivity index (χ2v) is 5.79. The molecule has 0 amide bonds. The largest absolute Gasteiger partial charge is 0.481 e. The van der Waals surface area contributed by atoms with Gasteiger partial charge in [-0.2, -0.15) is 0 Å². The Balaban J connectivity index is 2.69. The summed E-state index contributed by atoms with van der Waals surface area (Å²) in [5.41, 5.74) is 1.47. The van der Waals surface area contributed by atoms with E-state index < -0.39 is 15.8 Å². The Morgan fingerprint density at radius 3 is 2.69 bits per heavy atom. The monoisotopic (exact) mass is 243 g/mol. The first-order valence-electron chi connectivity index (χ1n) is 4.72. The zero-order chi connectivity index (χ0) is 12.2. The normalized spacial score (nSPS) is 11.3. The summed E-state index contributed by atoms with van der Waals surface area (Å²) >= 11 is 0. The molecule has 0 bridgehead atoms. The second-order valence-electron chi connectivity index (χ2n) is 3.61. The van der Waals surface area contributed by atoms with Crippen molar-refractivity contribution in [3.63, 3.8) is 0 Å². The van der Waals surface area contributed by atoms with Crippen LogP contribution in [0.15, 0.2) is 18.5 Å². The number of hydrogen-bond donors (Lipinski definition) is 1. The first-order valence-corrected chi connectivity index (χ1v) is 6.54. The molecule has 0 aromatic carbocycles. The number of aliphatic carboxylic acids is 1. The molecule has 0 spiro atoms. The minimum absolute atomic E-state index is 0.158. The lowest BCUT2D eigenvalue weighted by atomic mass is 10.2. The van der Waals surface area contributed by atoms with E-state index in [1.807, 2.05) is 6.92 Å². The molecule has 16 heavy (non-hydrogen) atoms. The van der Waals surface area contributed by atoms with Crippen molar-refractivity contribution >= 4 is 15.8 Å². The van der Waals surface area contributed by atoms with Crippen LogP contribution in [0.1, 0.15) is 17.5 Å². The summed E-state index contributed by atoms with van der Waals surface area (Å²) in [6, 6.07) is 1.73. The fourth-order valence-corrected chi connectivity index (χ4v) is 2.56. The summed E-state index contributed by atoms with van der Waals surface area (Å²) in [5, 5.41) is 8.41. The number of aryl methyl sites for hydroxylation is 1. The highest BCUT2D eigenvalue weighted by Crippen LogP contribution is 2.08. The Morgan fingerprint density at radius 2 is 2.12 bits per heavy atom. The van der Waals surface area contributed by atoms with Crippen LogP contribution < -0.4 is 0 Å². The molecule has 0 fully saturated rings. The van der Waals surface area contributed by atoms with Crippen LogP contribution in [-0.4, -0.2) is 30.2 Å². The Morgan fingerprint density at radius 1 is 1.44 bits per heavy atom. The molecule has 0 aliphatic carbocycles. The average molecular weight is 243 g/mol. The van der Waals surface area contributed by atoms with Crippen LogP contribution in [0.3, 0.4) is 0 Å². The van der Waals surface area contributed by atoms with Gasteiger partial charge in [0.2, 0.25) is 0 Å². The molecule has 0 unspecified atom stereocenters. The van der Waals surface area contributed by atoms with Gasteiger partial charge in [0.15, 0.2) is 9.84 Å². The van der Waals surface area contributed by atoms with Gasteiger partial charge in [0.05, 0.1) is 17.9 Å². The third-order valence-corrected chi connectivity index (χ3v) is 3.54. The lowest BCUT2D eigenvalue weighted by molar-refractivity contribution is -0.136. The van der Waals surface area contributed by atoms with Crippen molar-refractivity contribution in [3.8, 4) is 0 Å². The molecule has 1 heterocycles. The lowest BCUT2D eigenvalue weighted by Crippen LogP contribution is -2.13. The van der Waals surface area contributed by atoms with Crippen LogP contribution in [0.25, 0.3) is 0 Å². The van der Waals surface area contributed by atoms with Gasteiger partial charge in [0, 0.05) is 12.4 Å². The average Bonchev–Trinajstić information content (AvgIpc) is 2.14. The van der Waals surface area contributed by atoms with Gasteiger partial charge >= 0.3 is 5.97 Å². The number of hydrogen-bond acceptors (Lipinski definition) is 4. The molecule has 0 saturated heterocycles. The Kier molecular flexibility index (Phi) is 4.00. The highest BCUT2D eigenvalue weighted by Gasteiger charge is 2.14. The van der Waals surface area contributed by atoms with Gasteiger partial charge in [0.1, 0.15) is 0 Å². The highest BCUT2D eigenvalue weighted by molar-refractivity contribution is 7.90. The van der Waals surface area contributed by atoms with E-state index in [2.05, 4.69) is 4.98 Å². The molecule has 0 saturated carbocycles. The highest BCUT2D eigenvalue weighted by atomic mass is 32.2. The molecule has 1 N–H and O–H groups in total. The fourth-order valence-electron chi connectivity index (χ4n) is 1.27. The van der Waals surface area contributed by atoms with Gasteiger partial charge in [-0.05, 0) is 18.1 Å². The van der Waals surface area contributed by atoms with Crippen LogP contribution >= 0.6 is 0 Å². The van der Waals surface area contributed by atoms with Gasteiger partial charge in [-0.15, -0.1) is 0 Å². The lowest BCUT2D eigenvalue weighted by Gasteiger charge is -2.03. The van der Waals surface area contributed by atoms with E-state index in [0.29, 0.717) is 5.56 Å². The van der Waals surface area contributed by atoms with E-state index >= 15 is 0 Å². The second kappa shape index (κ2) is 5.07. The molecule has 5 nitrogen and oxygen atoms in total. The number of pyridine rings is 1. The standard InChI is InChI=1S/C10H13NO4S/c1-8-4-9(6-11-5-8)7-16(14,15)3-2-10(12)13/h4-6H,2-3,7H2,1H3,(H,12,13). The van der Waals surface area contributed by atoms with Crippen LogP contribution in [0.5, 0.6) is 0 Å². The van der Waals surface area contributed by atoms with E-state index in [4.69, 9.17) is 5.11 Å². The van der Waals surface area contributed by atoms with Crippen molar-refractivity contribution in [2.45, 2.75) is 19.1 Å². The minimum atomic E-state index is -3.37. The van der Waals surface area contributed by atoms with Gasteiger partial charge in [-0.1, -0.05) is 6.07 Å². The van der Waals surface area contributed by atoms with Gasteiger partial charge < -0.3 is 5.11 Å². The number of sulfone groups is 1. The zero-order valence-electron chi connectivity index (χ0n) is 8.88. The molecule has 0 aliphatic rings. The first kappa shape index (κ1) is 12.6. The number of carbonyl (C=O) groups is 1. The maximum Gasteiger partial charge on any atom is 0.304 e. The molecule has 1 aromatic rings. The number of rotatable bonds is 5. The molecule has 0 aliphatic heterocycles. The summed E-state index contributed by atoms with van der Waals surface area (Å²) in [4.78, 5) is 14.2. The summed E-state index contributed by atoms with van der Waals surface area (Å²) < 4.78 is 23.0. The number of carboxylic acids is 1. The Labute approximate surface area is 94.1 Å². The van der Waals surface area contributed by atoms with Gasteiger partial charge in [0.25, 0.3) is 0 Å². The predicted molar refractivity (Wildman–Crippen MR) is 58.7 cm³/mol. The van der Waals surface area contributed by atoms with E-state index in [9.17, 15) is 13.2 Å². The predicted octanol–water partition coefficient (Wildman–Crippen LogP) is 0.780. The number of aromatic nitrogens is 1. The minimum Gasteiger partial charge on any atom is -0.481 e. The van der Waals surface area contributed by atoms with E-state index in [-0.39, 0.29) is 17.9 Å². The SMILES string of the molecule is Cc1cncc(CS(=O)(=O)CCC(=O)O)c1. The Bertz CT molecular complexity index is 481. The number of carboxylic acid groups (broad SMARTS) is 1. The van der Waals surface area contributed by atoms with Crippen molar-refractivity contribution in [1.82, 2.24) is 4.98 Å². The molecule has 88 valence electrons. The topological polar surface area (TPSA) is 84.3 Å². The van der Waals surface area contributed by atoms with E-state index in [1.165, 1.54) is 6.20 Å². The van der Waals surface area contributed by atoms with Crippen LogP contribution in [-0.2, 0) is 20.4 Å². The van der Waals surface area contributed by atoms with Crippen LogP contribution in [0.4, 0.5) is 0 Å².